The second-order valence-electron chi connectivity index (χ2n) is 6.89. The van der Waals surface area contributed by atoms with Crippen LogP contribution in [-0.2, 0) is 11.0 Å². The maximum atomic E-state index is 13.4. The van der Waals surface area contributed by atoms with Gasteiger partial charge in [0.05, 0.1) is 28.6 Å². The van der Waals surface area contributed by atoms with Crippen molar-refractivity contribution >= 4 is 34.6 Å². The summed E-state index contributed by atoms with van der Waals surface area (Å²) in [5, 5.41) is 9.02. The van der Waals surface area contributed by atoms with Crippen LogP contribution in [0.25, 0.3) is 0 Å². The lowest BCUT2D eigenvalue weighted by atomic mass is 9.75. The Bertz CT molecular complexity index is 1110. The number of hydrogen-bond acceptors (Lipinski definition) is 4. The summed E-state index contributed by atoms with van der Waals surface area (Å²) in [4.78, 5) is 29.9. The van der Waals surface area contributed by atoms with Gasteiger partial charge in [-0.25, -0.2) is 0 Å². The number of hydrogen-bond donors (Lipinski definition) is 1. The van der Waals surface area contributed by atoms with Crippen molar-refractivity contribution in [3.8, 4) is 6.07 Å². The number of aromatic nitrogens is 1. The molecule has 0 unspecified atom stereocenters. The largest absolute Gasteiger partial charge is 0.417 e. The van der Waals surface area contributed by atoms with Crippen molar-refractivity contribution in [1.29, 1.82) is 5.26 Å². The standard InChI is InChI=1S/C19H13F3N4O2S/c20-19(21,22)14-8-12(3-2-11(14)9-23)25-16(28)18(6-1-7-18)26(17(25)29)13-4-5-15(27)24-10-13/h2-5,8,10H,1,6-7H2,(H,24,27). The monoisotopic (exact) mass is 418 g/mol. The van der Waals surface area contributed by atoms with Gasteiger partial charge in [-0.1, -0.05) is 0 Å². The highest BCUT2D eigenvalue weighted by atomic mass is 32.1. The molecule has 6 nitrogen and oxygen atoms in total. The van der Waals surface area contributed by atoms with E-state index in [0.29, 0.717) is 18.5 Å². The third-order valence-electron chi connectivity index (χ3n) is 5.31. The molecule has 1 aromatic carbocycles. The van der Waals surface area contributed by atoms with Crippen LogP contribution in [0.1, 0.15) is 30.4 Å². The molecule has 1 saturated carbocycles. The van der Waals surface area contributed by atoms with Gasteiger partial charge in [0.2, 0.25) is 5.56 Å². The Kier molecular flexibility index (Phi) is 4.24. The van der Waals surface area contributed by atoms with E-state index in [-0.39, 0.29) is 16.4 Å². The van der Waals surface area contributed by atoms with E-state index in [1.54, 1.807) is 4.90 Å². The number of nitrogens with zero attached hydrogens (tertiary/aromatic N) is 3. The van der Waals surface area contributed by atoms with Crippen LogP contribution in [0, 0.1) is 11.3 Å². The molecule has 1 aliphatic carbocycles. The Morgan fingerprint density at radius 1 is 1.14 bits per heavy atom. The number of thiocarbonyl (C=S) groups is 1. The van der Waals surface area contributed by atoms with E-state index in [4.69, 9.17) is 17.5 Å². The van der Waals surface area contributed by atoms with E-state index in [9.17, 15) is 22.8 Å². The average Bonchev–Trinajstić information content (AvgIpc) is 2.88. The molecule has 148 valence electrons. The van der Waals surface area contributed by atoms with Crippen molar-refractivity contribution in [2.75, 3.05) is 9.80 Å². The number of pyridine rings is 1. The first-order chi connectivity index (χ1) is 13.7. The second-order valence-corrected chi connectivity index (χ2v) is 7.26. The zero-order valence-corrected chi connectivity index (χ0v) is 15.6. The molecule has 0 bridgehead atoms. The van der Waals surface area contributed by atoms with Crippen LogP contribution >= 0.6 is 12.2 Å². The van der Waals surface area contributed by atoms with Gasteiger partial charge in [0.25, 0.3) is 5.91 Å². The fraction of sp³-hybridized carbons (Fsp3) is 0.263. The third-order valence-corrected chi connectivity index (χ3v) is 5.67. The number of nitriles is 1. The second kappa shape index (κ2) is 6.42. The zero-order chi connectivity index (χ0) is 21.0. The predicted molar refractivity (Wildman–Crippen MR) is 102 cm³/mol. The van der Waals surface area contributed by atoms with Crippen LogP contribution in [0.4, 0.5) is 24.5 Å². The number of benzene rings is 1. The molecule has 1 amide bonds. The highest BCUT2D eigenvalue weighted by molar-refractivity contribution is 7.81. The van der Waals surface area contributed by atoms with Crippen molar-refractivity contribution in [3.63, 3.8) is 0 Å². The summed E-state index contributed by atoms with van der Waals surface area (Å²) >= 11 is 5.48. The molecule has 0 radical (unpaired) electrons. The van der Waals surface area contributed by atoms with Crippen LogP contribution in [0.2, 0.25) is 0 Å². The maximum absolute atomic E-state index is 13.4. The molecular formula is C19H13F3N4O2S. The molecule has 2 aromatic rings. The van der Waals surface area contributed by atoms with Crippen molar-refractivity contribution in [2.24, 2.45) is 0 Å². The molecule has 4 rings (SSSR count). The van der Waals surface area contributed by atoms with Gasteiger partial charge >= 0.3 is 6.18 Å². The van der Waals surface area contributed by atoms with Crippen LogP contribution in [-0.4, -0.2) is 21.5 Å². The van der Waals surface area contributed by atoms with Gasteiger partial charge in [0, 0.05) is 12.3 Å². The third kappa shape index (κ3) is 2.81. The lowest BCUT2D eigenvalue weighted by Crippen LogP contribution is -2.55. The number of nitrogens with one attached hydrogen (secondary N) is 1. The Balaban J connectivity index is 1.83. The normalized spacial score (nSPS) is 18.1. The average molecular weight is 418 g/mol. The molecule has 10 heteroatoms. The minimum absolute atomic E-state index is 0.0274. The van der Waals surface area contributed by atoms with Gasteiger partial charge < -0.3 is 9.88 Å². The molecule has 1 aliphatic heterocycles. The highest BCUT2D eigenvalue weighted by Gasteiger charge is 2.59. The van der Waals surface area contributed by atoms with Gasteiger partial charge in [-0.2, -0.15) is 18.4 Å². The van der Waals surface area contributed by atoms with Crippen LogP contribution in [0.5, 0.6) is 0 Å². The first-order valence-corrected chi connectivity index (χ1v) is 9.09. The zero-order valence-electron chi connectivity index (χ0n) is 14.8. The van der Waals surface area contributed by atoms with Gasteiger partial charge in [-0.05, 0) is 55.7 Å². The molecule has 29 heavy (non-hydrogen) atoms. The molecule has 2 fully saturated rings. The summed E-state index contributed by atoms with van der Waals surface area (Å²) < 4.78 is 40.1. The molecule has 1 saturated heterocycles. The van der Waals surface area contributed by atoms with Crippen LogP contribution in [0.15, 0.2) is 41.3 Å². The summed E-state index contributed by atoms with van der Waals surface area (Å²) in [6.07, 6.45) is -1.58. The van der Waals surface area contributed by atoms with Gasteiger partial charge in [-0.3, -0.25) is 14.5 Å². The molecule has 1 N–H and O–H groups in total. The number of carbonyl (C=O) groups is 1. The molecule has 2 aliphatic rings. The van der Waals surface area contributed by atoms with Crippen LogP contribution < -0.4 is 15.4 Å². The molecule has 0 atom stereocenters. The minimum Gasteiger partial charge on any atom is -0.327 e. The van der Waals surface area contributed by atoms with Gasteiger partial charge in [0.1, 0.15) is 5.54 Å². The molecule has 1 spiro atoms. The Morgan fingerprint density at radius 2 is 1.83 bits per heavy atom. The Hall–Kier alpha value is -3.19. The Morgan fingerprint density at radius 3 is 2.34 bits per heavy atom. The van der Waals surface area contributed by atoms with E-state index >= 15 is 0 Å². The van der Waals surface area contributed by atoms with Gasteiger partial charge in [0.15, 0.2) is 5.11 Å². The van der Waals surface area contributed by atoms with Crippen molar-refractivity contribution in [1.82, 2.24) is 4.98 Å². The smallest absolute Gasteiger partial charge is 0.327 e. The number of H-pyrrole nitrogens is 1. The number of carbonyl (C=O) groups excluding carboxylic acids is 1. The van der Waals surface area contributed by atoms with Crippen molar-refractivity contribution in [2.45, 2.75) is 31.0 Å². The summed E-state index contributed by atoms with van der Waals surface area (Å²) in [6.45, 7) is 0. The SMILES string of the molecule is N#Cc1ccc(N2C(=O)C3(CCC3)N(c3ccc(=O)[nH]c3)C2=S)cc1C(F)(F)F. The van der Waals surface area contributed by atoms with Crippen molar-refractivity contribution < 1.29 is 18.0 Å². The number of amides is 1. The molecular weight excluding hydrogens is 405 g/mol. The first-order valence-electron chi connectivity index (χ1n) is 8.68. The van der Waals surface area contributed by atoms with E-state index in [1.165, 1.54) is 30.5 Å². The number of anilines is 2. The van der Waals surface area contributed by atoms with Crippen LogP contribution in [0.3, 0.4) is 0 Å². The first kappa shape index (κ1) is 19.1. The summed E-state index contributed by atoms with van der Waals surface area (Å²) in [5.41, 5.74) is -2.54. The maximum Gasteiger partial charge on any atom is 0.417 e. The number of rotatable bonds is 2. The lowest BCUT2D eigenvalue weighted by molar-refractivity contribution is -0.137. The predicted octanol–water partition coefficient (Wildman–Crippen LogP) is 3.33. The van der Waals surface area contributed by atoms with E-state index in [0.717, 1.165) is 23.5 Å². The number of alkyl halides is 3. The minimum atomic E-state index is -4.75. The fourth-order valence-corrected chi connectivity index (χ4v) is 4.22. The van der Waals surface area contributed by atoms with E-state index in [2.05, 4.69) is 4.98 Å². The highest BCUT2D eigenvalue weighted by Crippen LogP contribution is 2.48. The number of halogens is 3. The fourth-order valence-electron chi connectivity index (χ4n) is 3.75. The number of aromatic amines is 1. The summed E-state index contributed by atoms with van der Waals surface area (Å²) in [5.74, 6) is -0.419. The van der Waals surface area contributed by atoms with E-state index in [1.807, 2.05) is 0 Å². The Labute approximate surface area is 168 Å². The molecule has 1 aromatic heterocycles. The topological polar surface area (TPSA) is 80.2 Å². The van der Waals surface area contributed by atoms with E-state index < -0.39 is 28.7 Å². The molecule has 2 heterocycles. The summed E-state index contributed by atoms with van der Waals surface area (Å²) in [6, 6.07) is 7.41. The quantitative estimate of drug-likeness (QED) is 0.757. The van der Waals surface area contributed by atoms with Gasteiger partial charge in [-0.15, -0.1) is 0 Å². The van der Waals surface area contributed by atoms with Crippen molar-refractivity contribution in [3.05, 3.63) is 58.0 Å². The lowest BCUT2D eigenvalue weighted by Gasteiger charge is -2.42. The summed E-state index contributed by atoms with van der Waals surface area (Å²) in [7, 11) is 0.